The molecule has 28 heavy (non-hydrogen) atoms. The number of alkyl halides is 3. The molecule has 1 aliphatic rings. The van der Waals surface area contributed by atoms with Gasteiger partial charge in [0.1, 0.15) is 0 Å². The van der Waals surface area contributed by atoms with E-state index in [1.165, 1.54) is 5.56 Å². The molecule has 0 radical (unpaired) electrons. The molecule has 0 unspecified atom stereocenters. The average Bonchev–Trinajstić information content (AvgIpc) is 3.22. The van der Waals surface area contributed by atoms with Crippen LogP contribution in [0.5, 0.6) is 0 Å². The smallest absolute Gasteiger partial charge is 0.329 e. The molecule has 0 amide bonds. The van der Waals surface area contributed by atoms with Gasteiger partial charge in [-0.15, -0.1) is 0 Å². The van der Waals surface area contributed by atoms with Crippen LogP contribution in [-0.2, 0) is 18.1 Å². The summed E-state index contributed by atoms with van der Waals surface area (Å²) in [5, 5.41) is 3.74. The molecule has 1 fully saturated rings. The van der Waals surface area contributed by atoms with Crippen molar-refractivity contribution in [1.82, 2.24) is 15.0 Å². The van der Waals surface area contributed by atoms with Gasteiger partial charge in [-0.25, -0.2) is 0 Å². The fourth-order valence-electron chi connectivity index (χ4n) is 3.87. The van der Waals surface area contributed by atoms with E-state index in [9.17, 15) is 13.2 Å². The van der Waals surface area contributed by atoms with Gasteiger partial charge in [-0.3, -0.25) is 4.90 Å². The van der Waals surface area contributed by atoms with Gasteiger partial charge < -0.3 is 4.52 Å². The maximum absolute atomic E-state index is 13.0. The third-order valence-electron chi connectivity index (χ3n) is 5.38. The molecule has 0 saturated carbocycles. The summed E-state index contributed by atoms with van der Waals surface area (Å²) in [5.41, 5.74) is 1.46. The van der Waals surface area contributed by atoms with Crippen LogP contribution in [0.25, 0.3) is 0 Å². The first-order valence-electron chi connectivity index (χ1n) is 9.21. The Bertz CT molecular complexity index is 901. The monoisotopic (exact) mass is 387 g/mol. The molecule has 4 rings (SSSR count). The van der Waals surface area contributed by atoms with Crippen molar-refractivity contribution in [3.8, 4) is 0 Å². The summed E-state index contributed by atoms with van der Waals surface area (Å²) in [6, 6.07) is 19.7. The van der Waals surface area contributed by atoms with E-state index in [2.05, 4.69) is 31.7 Å². The Morgan fingerprint density at radius 2 is 1.54 bits per heavy atom. The van der Waals surface area contributed by atoms with Gasteiger partial charge in [-0.05, 0) is 37.1 Å². The number of halogens is 3. The van der Waals surface area contributed by atoms with Crippen LogP contribution in [0.2, 0.25) is 0 Å². The van der Waals surface area contributed by atoms with Crippen LogP contribution in [0.4, 0.5) is 13.2 Å². The van der Waals surface area contributed by atoms with Gasteiger partial charge in [-0.1, -0.05) is 65.8 Å². The molecule has 0 atom stereocenters. The standard InChI is InChI=1S/C21H20F3N3O/c22-21(23,24)19-25-18(26-28-19)20(17-9-5-2-6-10-17)11-13-27(14-12-20)15-16-7-3-1-4-8-16/h1-10H,11-15H2. The Labute approximate surface area is 161 Å². The highest BCUT2D eigenvalue weighted by Crippen LogP contribution is 2.41. The summed E-state index contributed by atoms with van der Waals surface area (Å²) in [5.74, 6) is -1.17. The number of hydrogen-bond donors (Lipinski definition) is 0. The van der Waals surface area contributed by atoms with Crippen molar-refractivity contribution in [3.05, 3.63) is 83.5 Å². The molecule has 2 aromatic carbocycles. The lowest BCUT2D eigenvalue weighted by Gasteiger charge is -2.40. The van der Waals surface area contributed by atoms with E-state index in [1.807, 2.05) is 48.5 Å². The lowest BCUT2D eigenvalue weighted by molar-refractivity contribution is -0.159. The lowest BCUT2D eigenvalue weighted by atomic mass is 9.72. The summed E-state index contributed by atoms with van der Waals surface area (Å²) in [4.78, 5) is 6.05. The highest BCUT2D eigenvalue weighted by Gasteiger charge is 2.45. The molecule has 1 aliphatic heterocycles. The van der Waals surface area contributed by atoms with Crippen LogP contribution in [0.1, 0.15) is 35.7 Å². The Hall–Kier alpha value is -2.67. The number of piperidine rings is 1. The normalized spacial score (nSPS) is 17.5. The predicted octanol–water partition coefficient (Wildman–Crippen LogP) is 4.67. The first-order valence-corrected chi connectivity index (χ1v) is 9.21. The maximum Gasteiger partial charge on any atom is 0.471 e. The average molecular weight is 387 g/mol. The minimum atomic E-state index is -4.64. The molecule has 0 N–H and O–H groups in total. The number of likely N-dealkylation sites (tertiary alicyclic amines) is 1. The quantitative estimate of drug-likeness (QED) is 0.652. The van der Waals surface area contributed by atoms with Gasteiger partial charge in [-0.2, -0.15) is 18.2 Å². The molecular formula is C21H20F3N3O. The van der Waals surface area contributed by atoms with Gasteiger partial charge in [0.25, 0.3) is 0 Å². The predicted molar refractivity (Wildman–Crippen MR) is 97.5 cm³/mol. The number of aromatic nitrogens is 2. The van der Waals surface area contributed by atoms with E-state index in [4.69, 9.17) is 0 Å². The summed E-state index contributed by atoms with van der Waals surface area (Å²) in [7, 11) is 0. The lowest BCUT2D eigenvalue weighted by Crippen LogP contribution is -2.43. The Balaban J connectivity index is 1.61. The van der Waals surface area contributed by atoms with E-state index >= 15 is 0 Å². The van der Waals surface area contributed by atoms with Crippen molar-refractivity contribution in [2.45, 2.75) is 31.0 Å². The molecular weight excluding hydrogens is 367 g/mol. The first-order chi connectivity index (χ1) is 13.5. The largest absolute Gasteiger partial charge is 0.471 e. The van der Waals surface area contributed by atoms with Crippen molar-refractivity contribution >= 4 is 0 Å². The second-order valence-electron chi connectivity index (χ2n) is 7.13. The van der Waals surface area contributed by atoms with Gasteiger partial charge in [0.2, 0.25) is 0 Å². The molecule has 0 spiro atoms. The van der Waals surface area contributed by atoms with Crippen molar-refractivity contribution in [2.24, 2.45) is 0 Å². The molecule has 146 valence electrons. The SMILES string of the molecule is FC(F)(F)c1nc(C2(c3ccccc3)CCN(Cc3ccccc3)CC2)no1. The number of nitrogens with zero attached hydrogens (tertiary/aromatic N) is 3. The van der Waals surface area contributed by atoms with E-state index in [0.717, 1.165) is 25.2 Å². The van der Waals surface area contributed by atoms with Crippen LogP contribution in [0.15, 0.2) is 65.2 Å². The van der Waals surface area contributed by atoms with Gasteiger partial charge in [0, 0.05) is 6.54 Å². The zero-order valence-electron chi connectivity index (χ0n) is 15.2. The van der Waals surface area contributed by atoms with Gasteiger partial charge in [0.05, 0.1) is 5.41 Å². The first kappa shape index (κ1) is 18.7. The summed E-state index contributed by atoms with van der Waals surface area (Å²) in [6.07, 6.45) is -3.39. The van der Waals surface area contributed by atoms with Crippen molar-refractivity contribution in [2.75, 3.05) is 13.1 Å². The van der Waals surface area contributed by atoms with Crippen LogP contribution in [0.3, 0.4) is 0 Å². The van der Waals surface area contributed by atoms with E-state index in [-0.39, 0.29) is 5.82 Å². The fourth-order valence-corrected chi connectivity index (χ4v) is 3.87. The van der Waals surface area contributed by atoms with Gasteiger partial charge in [0.15, 0.2) is 5.82 Å². The highest BCUT2D eigenvalue weighted by molar-refractivity contribution is 5.33. The maximum atomic E-state index is 13.0. The van der Waals surface area contributed by atoms with Crippen LogP contribution < -0.4 is 0 Å². The fraction of sp³-hybridized carbons (Fsp3) is 0.333. The van der Waals surface area contributed by atoms with Crippen molar-refractivity contribution in [1.29, 1.82) is 0 Å². The van der Waals surface area contributed by atoms with Gasteiger partial charge >= 0.3 is 12.1 Å². The number of benzene rings is 2. The third-order valence-corrected chi connectivity index (χ3v) is 5.38. The minimum Gasteiger partial charge on any atom is -0.329 e. The second-order valence-corrected chi connectivity index (χ2v) is 7.13. The van der Waals surface area contributed by atoms with Crippen LogP contribution in [-0.4, -0.2) is 28.1 Å². The Morgan fingerprint density at radius 3 is 2.11 bits per heavy atom. The number of hydrogen-bond acceptors (Lipinski definition) is 4. The zero-order valence-corrected chi connectivity index (χ0v) is 15.2. The minimum absolute atomic E-state index is 0.116. The molecule has 3 aromatic rings. The van der Waals surface area contributed by atoms with E-state index in [0.29, 0.717) is 12.8 Å². The highest BCUT2D eigenvalue weighted by atomic mass is 19.4. The Kier molecular flexibility index (Phi) is 4.93. The molecule has 1 saturated heterocycles. The number of rotatable bonds is 4. The zero-order chi connectivity index (χ0) is 19.6. The van der Waals surface area contributed by atoms with Crippen LogP contribution >= 0.6 is 0 Å². The molecule has 0 bridgehead atoms. The van der Waals surface area contributed by atoms with E-state index < -0.39 is 17.5 Å². The summed E-state index contributed by atoms with van der Waals surface area (Å²) >= 11 is 0. The third kappa shape index (κ3) is 3.67. The van der Waals surface area contributed by atoms with Crippen LogP contribution in [0, 0.1) is 0 Å². The molecule has 2 heterocycles. The second kappa shape index (κ2) is 7.39. The molecule has 4 nitrogen and oxygen atoms in total. The summed E-state index contributed by atoms with van der Waals surface area (Å²) < 4.78 is 43.5. The van der Waals surface area contributed by atoms with Crippen molar-refractivity contribution < 1.29 is 17.7 Å². The van der Waals surface area contributed by atoms with Crippen molar-refractivity contribution in [3.63, 3.8) is 0 Å². The van der Waals surface area contributed by atoms with E-state index in [1.54, 1.807) is 0 Å². The topological polar surface area (TPSA) is 42.2 Å². The molecule has 7 heteroatoms. The summed E-state index contributed by atoms with van der Waals surface area (Å²) in [6.45, 7) is 2.28. The molecule has 0 aliphatic carbocycles. The Morgan fingerprint density at radius 1 is 0.929 bits per heavy atom. The molecule has 1 aromatic heterocycles.